The SMILES string of the molecule is CCOc1ccc(-c2cc(C(=O)NCCCN3CCCC[C@H]3C)c3ccccc3n2)cc1. The molecule has 1 fully saturated rings. The van der Waals surface area contributed by atoms with Gasteiger partial charge in [-0.1, -0.05) is 24.6 Å². The molecule has 0 radical (unpaired) electrons. The van der Waals surface area contributed by atoms with Crippen molar-refractivity contribution in [2.45, 2.75) is 45.6 Å². The molecule has 0 unspecified atom stereocenters. The van der Waals surface area contributed by atoms with Crippen molar-refractivity contribution in [3.63, 3.8) is 0 Å². The summed E-state index contributed by atoms with van der Waals surface area (Å²) in [6.07, 6.45) is 4.86. The highest BCUT2D eigenvalue weighted by Gasteiger charge is 2.18. The van der Waals surface area contributed by atoms with Crippen molar-refractivity contribution in [1.29, 1.82) is 0 Å². The zero-order valence-electron chi connectivity index (χ0n) is 19.1. The van der Waals surface area contributed by atoms with Gasteiger partial charge in [-0.05, 0) is 76.1 Å². The maximum Gasteiger partial charge on any atom is 0.252 e. The maximum absolute atomic E-state index is 13.1. The van der Waals surface area contributed by atoms with Crippen LogP contribution in [0.15, 0.2) is 54.6 Å². The average molecular weight is 432 g/mol. The summed E-state index contributed by atoms with van der Waals surface area (Å²) in [5.41, 5.74) is 3.25. The highest BCUT2D eigenvalue weighted by molar-refractivity contribution is 6.07. The smallest absolute Gasteiger partial charge is 0.252 e. The molecule has 1 aliphatic rings. The number of hydrogen-bond acceptors (Lipinski definition) is 4. The second-order valence-electron chi connectivity index (χ2n) is 8.52. The fourth-order valence-electron chi connectivity index (χ4n) is 4.47. The second-order valence-corrected chi connectivity index (χ2v) is 8.52. The summed E-state index contributed by atoms with van der Waals surface area (Å²) in [5, 5.41) is 4.02. The number of fused-ring (bicyclic) bond motifs is 1. The molecule has 0 bridgehead atoms. The Kier molecular flexibility index (Phi) is 7.38. The van der Waals surface area contributed by atoms with Crippen molar-refractivity contribution < 1.29 is 9.53 Å². The van der Waals surface area contributed by atoms with Gasteiger partial charge in [0.05, 0.1) is 23.4 Å². The number of carbonyl (C=O) groups is 1. The van der Waals surface area contributed by atoms with Crippen molar-refractivity contribution >= 4 is 16.8 Å². The molecular formula is C27H33N3O2. The van der Waals surface area contributed by atoms with Crippen LogP contribution in [0.2, 0.25) is 0 Å². The number of pyridine rings is 1. The van der Waals surface area contributed by atoms with Crippen LogP contribution in [-0.2, 0) is 0 Å². The van der Waals surface area contributed by atoms with Gasteiger partial charge >= 0.3 is 0 Å². The Morgan fingerprint density at radius 3 is 2.75 bits per heavy atom. The number of ether oxygens (including phenoxy) is 1. The van der Waals surface area contributed by atoms with Gasteiger partial charge < -0.3 is 15.0 Å². The average Bonchev–Trinajstić information content (AvgIpc) is 2.82. The molecular weight excluding hydrogens is 398 g/mol. The van der Waals surface area contributed by atoms with Crippen LogP contribution >= 0.6 is 0 Å². The van der Waals surface area contributed by atoms with Gasteiger partial charge in [0.25, 0.3) is 5.91 Å². The normalized spacial score (nSPS) is 16.8. The van der Waals surface area contributed by atoms with Crippen LogP contribution in [0, 0.1) is 0 Å². The molecule has 0 spiro atoms. The fourth-order valence-corrected chi connectivity index (χ4v) is 4.47. The van der Waals surface area contributed by atoms with Gasteiger partial charge in [0.15, 0.2) is 0 Å². The molecule has 2 aromatic carbocycles. The number of rotatable bonds is 8. The van der Waals surface area contributed by atoms with Crippen molar-refractivity contribution in [3.8, 4) is 17.0 Å². The molecule has 1 amide bonds. The molecule has 1 aromatic heterocycles. The summed E-state index contributed by atoms with van der Waals surface area (Å²) >= 11 is 0. The van der Waals surface area contributed by atoms with E-state index < -0.39 is 0 Å². The van der Waals surface area contributed by atoms with Crippen molar-refractivity contribution in [2.75, 3.05) is 26.2 Å². The van der Waals surface area contributed by atoms with Gasteiger partial charge in [-0.3, -0.25) is 4.79 Å². The summed E-state index contributed by atoms with van der Waals surface area (Å²) in [6.45, 7) is 7.80. The number of para-hydroxylation sites is 1. The van der Waals surface area contributed by atoms with Gasteiger partial charge in [-0.15, -0.1) is 0 Å². The largest absolute Gasteiger partial charge is 0.494 e. The molecule has 1 aliphatic heterocycles. The van der Waals surface area contributed by atoms with Gasteiger partial charge in [0, 0.05) is 30.1 Å². The Balaban J connectivity index is 1.48. The van der Waals surface area contributed by atoms with Gasteiger partial charge in [-0.25, -0.2) is 4.98 Å². The molecule has 0 saturated carbocycles. The summed E-state index contributed by atoms with van der Waals surface area (Å²) in [4.78, 5) is 20.5. The van der Waals surface area contributed by atoms with Crippen LogP contribution in [0.3, 0.4) is 0 Å². The number of nitrogens with one attached hydrogen (secondary N) is 1. The van der Waals surface area contributed by atoms with Crippen molar-refractivity contribution in [2.24, 2.45) is 0 Å². The van der Waals surface area contributed by atoms with E-state index >= 15 is 0 Å². The van der Waals surface area contributed by atoms with E-state index in [1.807, 2.05) is 61.5 Å². The van der Waals surface area contributed by atoms with Crippen LogP contribution < -0.4 is 10.1 Å². The first kappa shape index (κ1) is 22.3. The Morgan fingerprint density at radius 2 is 1.97 bits per heavy atom. The molecule has 1 atom stereocenters. The molecule has 5 nitrogen and oxygen atoms in total. The second kappa shape index (κ2) is 10.6. The third kappa shape index (κ3) is 5.28. The minimum Gasteiger partial charge on any atom is -0.494 e. The molecule has 5 heteroatoms. The third-order valence-corrected chi connectivity index (χ3v) is 6.27. The van der Waals surface area contributed by atoms with Crippen LogP contribution in [-0.4, -0.2) is 48.1 Å². The van der Waals surface area contributed by atoms with E-state index in [0.717, 1.165) is 40.9 Å². The Labute approximate surface area is 190 Å². The molecule has 4 rings (SSSR count). The van der Waals surface area contributed by atoms with E-state index in [9.17, 15) is 4.79 Å². The van der Waals surface area contributed by atoms with Crippen LogP contribution in [0.4, 0.5) is 0 Å². The molecule has 1 N–H and O–H groups in total. The number of likely N-dealkylation sites (tertiary alicyclic amines) is 1. The molecule has 3 aromatic rings. The van der Waals surface area contributed by atoms with E-state index in [2.05, 4.69) is 17.1 Å². The quantitative estimate of drug-likeness (QED) is 0.492. The van der Waals surface area contributed by atoms with Crippen LogP contribution in [0.25, 0.3) is 22.2 Å². The Hall–Kier alpha value is -2.92. The lowest BCUT2D eigenvalue weighted by atomic mass is 10.0. The van der Waals surface area contributed by atoms with E-state index in [1.165, 1.54) is 25.8 Å². The number of carbonyl (C=O) groups excluding carboxylic acids is 1. The van der Waals surface area contributed by atoms with Crippen molar-refractivity contribution in [1.82, 2.24) is 15.2 Å². The first-order valence-electron chi connectivity index (χ1n) is 11.8. The summed E-state index contributed by atoms with van der Waals surface area (Å²) in [6, 6.07) is 18.3. The number of benzene rings is 2. The molecule has 1 saturated heterocycles. The van der Waals surface area contributed by atoms with Gasteiger partial charge in [0.2, 0.25) is 0 Å². The minimum atomic E-state index is -0.0394. The summed E-state index contributed by atoms with van der Waals surface area (Å²) in [5.74, 6) is 0.792. The highest BCUT2D eigenvalue weighted by atomic mass is 16.5. The minimum absolute atomic E-state index is 0.0394. The predicted molar refractivity (Wildman–Crippen MR) is 130 cm³/mol. The molecule has 2 heterocycles. The molecule has 168 valence electrons. The number of piperidine rings is 1. The van der Waals surface area contributed by atoms with Crippen molar-refractivity contribution in [3.05, 3.63) is 60.2 Å². The summed E-state index contributed by atoms with van der Waals surface area (Å²) < 4.78 is 5.55. The lowest BCUT2D eigenvalue weighted by Crippen LogP contribution is -2.39. The van der Waals surface area contributed by atoms with E-state index in [0.29, 0.717) is 24.8 Å². The molecule has 32 heavy (non-hydrogen) atoms. The fraction of sp³-hybridized carbons (Fsp3) is 0.407. The Morgan fingerprint density at radius 1 is 1.16 bits per heavy atom. The molecule has 0 aliphatic carbocycles. The lowest BCUT2D eigenvalue weighted by Gasteiger charge is -2.33. The predicted octanol–water partition coefficient (Wildman–Crippen LogP) is 5.29. The number of nitrogens with zero attached hydrogens (tertiary/aromatic N) is 2. The topological polar surface area (TPSA) is 54.5 Å². The standard InChI is InChI=1S/C27H33N3O2/c1-3-32-22-14-12-21(13-15-22)26-19-24(23-10-4-5-11-25(23)29-26)27(31)28-16-8-18-30-17-7-6-9-20(30)2/h4-5,10-15,19-20H,3,6-9,16-18H2,1-2H3,(H,28,31)/t20-/m1/s1. The number of aromatic nitrogens is 1. The first-order chi connectivity index (χ1) is 15.7. The van der Waals surface area contributed by atoms with E-state index in [1.54, 1.807) is 0 Å². The van der Waals surface area contributed by atoms with Gasteiger partial charge in [0.1, 0.15) is 5.75 Å². The van der Waals surface area contributed by atoms with E-state index in [4.69, 9.17) is 9.72 Å². The monoisotopic (exact) mass is 431 g/mol. The third-order valence-electron chi connectivity index (χ3n) is 6.27. The summed E-state index contributed by atoms with van der Waals surface area (Å²) in [7, 11) is 0. The lowest BCUT2D eigenvalue weighted by molar-refractivity contribution is 0.0950. The Bertz CT molecular complexity index is 1050. The maximum atomic E-state index is 13.1. The van der Waals surface area contributed by atoms with Crippen LogP contribution in [0.1, 0.15) is 49.9 Å². The zero-order chi connectivity index (χ0) is 22.3. The zero-order valence-corrected chi connectivity index (χ0v) is 19.1. The van der Waals surface area contributed by atoms with Crippen LogP contribution in [0.5, 0.6) is 5.75 Å². The first-order valence-corrected chi connectivity index (χ1v) is 11.8. The highest BCUT2D eigenvalue weighted by Crippen LogP contribution is 2.26. The van der Waals surface area contributed by atoms with E-state index in [-0.39, 0.29) is 5.91 Å². The number of hydrogen-bond donors (Lipinski definition) is 1. The van der Waals surface area contributed by atoms with Gasteiger partial charge in [-0.2, -0.15) is 0 Å². The number of amides is 1.